The third-order valence-electron chi connectivity index (χ3n) is 4.63. The van der Waals surface area contributed by atoms with Crippen LogP contribution in [-0.4, -0.2) is 62.0 Å². The summed E-state index contributed by atoms with van der Waals surface area (Å²) in [4.78, 5) is 38.4. The molecule has 1 saturated heterocycles. The summed E-state index contributed by atoms with van der Waals surface area (Å²) >= 11 is 0. The molecule has 3 N–H and O–H groups in total. The molecule has 158 valence electrons. The summed E-state index contributed by atoms with van der Waals surface area (Å²) < 4.78 is 5.27. The van der Waals surface area contributed by atoms with Crippen LogP contribution in [0.3, 0.4) is 0 Å². The first-order valence-electron chi connectivity index (χ1n) is 9.96. The summed E-state index contributed by atoms with van der Waals surface area (Å²) in [5.41, 5.74) is 2.38. The van der Waals surface area contributed by atoms with Crippen molar-refractivity contribution in [1.82, 2.24) is 10.2 Å². The lowest BCUT2D eigenvalue weighted by Gasteiger charge is -2.26. The molecule has 1 fully saturated rings. The Hall–Kier alpha value is -3.39. The molecule has 0 unspecified atom stereocenters. The molecule has 0 atom stereocenters. The summed E-state index contributed by atoms with van der Waals surface area (Å²) in [6.45, 7) is 4.76. The van der Waals surface area contributed by atoms with Crippen LogP contribution in [0.1, 0.15) is 27.6 Å². The molecule has 1 aliphatic rings. The van der Waals surface area contributed by atoms with Crippen LogP contribution in [0.4, 0.5) is 11.4 Å². The van der Waals surface area contributed by atoms with Crippen LogP contribution in [0.25, 0.3) is 0 Å². The highest BCUT2D eigenvalue weighted by molar-refractivity contribution is 5.98. The van der Waals surface area contributed by atoms with Crippen LogP contribution in [0, 0.1) is 0 Å². The number of amides is 3. The molecule has 0 aliphatic carbocycles. The molecule has 8 heteroatoms. The lowest BCUT2D eigenvalue weighted by atomic mass is 10.1. The molecule has 2 aromatic rings. The molecule has 3 amide bonds. The summed E-state index contributed by atoms with van der Waals surface area (Å²) in [6, 6.07) is 13.8. The third kappa shape index (κ3) is 5.81. The average molecular weight is 410 g/mol. The van der Waals surface area contributed by atoms with Gasteiger partial charge in [-0.25, -0.2) is 0 Å². The fourth-order valence-electron chi connectivity index (χ4n) is 3.07. The van der Waals surface area contributed by atoms with Crippen LogP contribution in [0.15, 0.2) is 48.5 Å². The average Bonchev–Trinajstić information content (AvgIpc) is 2.78. The van der Waals surface area contributed by atoms with Crippen molar-refractivity contribution in [2.24, 2.45) is 0 Å². The Bertz CT molecular complexity index is 892. The molecule has 3 rings (SSSR count). The number of nitrogens with one attached hydrogen (secondary N) is 3. The second-order valence-electron chi connectivity index (χ2n) is 6.82. The predicted molar refractivity (Wildman–Crippen MR) is 115 cm³/mol. The normalized spacial score (nSPS) is 13.4. The quantitative estimate of drug-likeness (QED) is 0.648. The number of ether oxygens (including phenoxy) is 1. The van der Waals surface area contributed by atoms with Crippen molar-refractivity contribution in [2.75, 3.05) is 50.0 Å². The van der Waals surface area contributed by atoms with Gasteiger partial charge in [0.25, 0.3) is 11.8 Å². The van der Waals surface area contributed by atoms with Gasteiger partial charge in [0.05, 0.1) is 19.8 Å². The number of benzene rings is 2. The van der Waals surface area contributed by atoms with Crippen LogP contribution >= 0.6 is 0 Å². The monoisotopic (exact) mass is 410 g/mol. The molecule has 0 aromatic heterocycles. The Morgan fingerprint density at radius 3 is 2.40 bits per heavy atom. The Morgan fingerprint density at radius 1 is 0.967 bits per heavy atom. The number of morpholine rings is 1. The van der Waals surface area contributed by atoms with Crippen LogP contribution in [-0.2, 0) is 9.53 Å². The molecule has 0 radical (unpaired) electrons. The van der Waals surface area contributed by atoms with E-state index < -0.39 is 0 Å². The maximum absolute atomic E-state index is 12.5. The van der Waals surface area contributed by atoms with Gasteiger partial charge in [-0.15, -0.1) is 0 Å². The molecule has 0 spiro atoms. The lowest BCUT2D eigenvalue weighted by Crippen LogP contribution is -2.40. The van der Waals surface area contributed by atoms with Crippen molar-refractivity contribution in [2.45, 2.75) is 6.92 Å². The highest BCUT2D eigenvalue weighted by Crippen LogP contribution is 2.14. The molecule has 1 heterocycles. The van der Waals surface area contributed by atoms with E-state index in [1.807, 2.05) is 6.92 Å². The van der Waals surface area contributed by atoms with Gasteiger partial charge in [0.1, 0.15) is 0 Å². The van der Waals surface area contributed by atoms with E-state index in [2.05, 4.69) is 16.0 Å². The number of hydrogen-bond donors (Lipinski definition) is 3. The number of rotatable bonds is 7. The minimum absolute atomic E-state index is 0.0189. The predicted octanol–water partition coefficient (Wildman–Crippen LogP) is 1.96. The summed E-state index contributed by atoms with van der Waals surface area (Å²) in [6.07, 6.45) is 0. The summed E-state index contributed by atoms with van der Waals surface area (Å²) in [7, 11) is 0. The second kappa shape index (κ2) is 10.4. The topological polar surface area (TPSA) is 99.8 Å². The van der Waals surface area contributed by atoms with Gasteiger partial charge in [0, 0.05) is 42.1 Å². The second-order valence-corrected chi connectivity index (χ2v) is 6.82. The van der Waals surface area contributed by atoms with E-state index >= 15 is 0 Å². The van der Waals surface area contributed by atoms with Crippen molar-refractivity contribution in [3.8, 4) is 0 Å². The highest BCUT2D eigenvalue weighted by atomic mass is 16.5. The molecule has 0 saturated carbocycles. The Labute approximate surface area is 175 Å². The molecule has 2 aromatic carbocycles. The fourth-order valence-corrected chi connectivity index (χ4v) is 3.07. The van der Waals surface area contributed by atoms with Gasteiger partial charge in [-0.3, -0.25) is 14.4 Å². The Morgan fingerprint density at radius 2 is 1.70 bits per heavy atom. The number of carbonyl (C=O) groups is 3. The van der Waals surface area contributed by atoms with Crippen molar-refractivity contribution < 1.29 is 19.1 Å². The number of hydrogen-bond acceptors (Lipinski definition) is 5. The van der Waals surface area contributed by atoms with Crippen LogP contribution in [0.5, 0.6) is 0 Å². The molecule has 1 aliphatic heterocycles. The van der Waals surface area contributed by atoms with Crippen molar-refractivity contribution in [1.29, 1.82) is 0 Å². The SMILES string of the molecule is CCNC(=O)c1cccc(NC(=O)CNc2ccc(C(=O)N3CCOCC3)cc2)c1. The van der Waals surface area contributed by atoms with Crippen LogP contribution in [0.2, 0.25) is 0 Å². The van der Waals surface area contributed by atoms with Gasteiger partial charge < -0.3 is 25.6 Å². The molecular formula is C22H26N4O4. The highest BCUT2D eigenvalue weighted by Gasteiger charge is 2.18. The molecule has 30 heavy (non-hydrogen) atoms. The Balaban J connectivity index is 1.50. The first-order valence-corrected chi connectivity index (χ1v) is 9.96. The van der Waals surface area contributed by atoms with E-state index in [-0.39, 0.29) is 24.3 Å². The van der Waals surface area contributed by atoms with Crippen molar-refractivity contribution >= 4 is 29.1 Å². The van der Waals surface area contributed by atoms with Crippen molar-refractivity contribution in [3.05, 3.63) is 59.7 Å². The van der Waals surface area contributed by atoms with Gasteiger partial charge in [0.15, 0.2) is 0 Å². The first kappa shape index (κ1) is 21.3. The standard InChI is InChI=1S/C22H26N4O4/c1-2-23-21(28)17-4-3-5-19(14-17)25-20(27)15-24-18-8-6-16(7-9-18)22(29)26-10-12-30-13-11-26/h3-9,14,24H,2,10-13,15H2,1H3,(H,23,28)(H,25,27). The summed E-state index contributed by atoms with van der Waals surface area (Å²) in [5.74, 6) is -0.440. The largest absolute Gasteiger partial charge is 0.378 e. The number of carbonyl (C=O) groups excluding carboxylic acids is 3. The van der Waals surface area contributed by atoms with Crippen LogP contribution < -0.4 is 16.0 Å². The molecular weight excluding hydrogens is 384 g/mol. The Kier molecular flexibility index (Phi) is 7.40. The van der Waals surface area contributed by atoms with E-state index in [1.54, 1.807) is 53.4 Å². The van der Waals surface area contributed by atoms with E-state index in [9.17, 15) is 14.4 Å². The minimum atomic E-state index is -0.239. The van der Waals surface area contributed by atoms with Gasteiger partial charge in [-0.2, -0.15) is 0 Å². The molecule has 0 bridgehead atoms. The number of anilines is 2. The minimum Gasteiger partial charge on any atom is -0.378 e. The first-order chi connectivity index (χ1) is 14.6. The van der Waals surface area contributed by atoms with Gasteiger partial charge >= 0.3 is 0 Å². The third-order valence-corrected chi connectivity index (χ3v) is 4.63. The van der Waals surface area contributed by atoms with E-state index in [0.717, 1.165) is 5.69 Å². The van der Waals surface area contributed by atoms with Gasteiger partial charge in [-0.05, 0) is 49.4 Å². The maximum atomic E-state index is 12.5. The lowest BCUT2D eigenvalue weighted by molar-refractivity contribution is -0.114. The fraction of sp³-hybridized carbons (Fsp3) is 0.318. The maximum Gasteiger partial charge on any atom is 0.254 e. The van der Waals surface area contributed by atoms with Gasteiger partial charge in [-0.1, -0.05) is 6.07 Å². The van der Waals surface area contributed by atoms with E-state index in [0.29, 0.717) is 49.7 Å². The van der Waals surface area contributed by atoms with E-state index in [1.165, 1.54) is 0 Å². The van der Waals surface area contributed by atoms with E-state index in [4.69, 9.17) is 4.74 Å². The zero-order chi connectivity index (χ0) is 21.3. The zero-order valence-electron chi connectivity index (χ0n) is 16.9. The van der Waals surface area contributed by atoms with Crippen molar-refractivity contribution in [3.63, 3.8) is 0 Å². The molecule has 8 nitrogen and oxygen atoms in total. The van der Waals surface area contributed by atoms with Gasteiger partial charge in [0.2, 0.25) is 5.91 Å². The number of nitrogens with zero attached hydrogens (tertiary/aromatic N) is 1. The smallest absolute Gasteiger partial charge is 0.254 e. The zero-order valence-corrected chi connectivity index (χ0v) is 16.9. The summed E-state index contributed by atoms with van der Waals surface area (Å²) in [5, 5.41) is 8.53.